The van der Waals surface area contributed by atoms with E-state index >= 15 is 0 Å². The standard InChI is InChI=1S/C21H33N5O7S/c22-8-2-1-3-15(21(32)33)24-20(31)17(11-34)26-19(30)16(10-27)25-18(29)14(23)9-12-4-6-13(28)7-5-12/h4-7,14-17,27-28,34H,1-3,8-11,22-23H2,(H,24,31)(H,25,29)(H,26,30)(H,32,33). The molecule has 4 atom stereocenters. The van der Waals surface area contributed by atoms with Crippen molar-refractivity contribution in [1.29, 1.82) is 0 Å². The number of carbonyl (C=O) groups excluding carboxylic acids is 3. The number of nitrogens with two attached hydrogens (primary N) is 2. The molecule has 12 nitrogen and oxygen atoms in total. The van der Waals surface area contributed by atoms with Crippen molar-refractivity contribution in [2.75, 3.05) is 18.9 Å². The highest BCUT2D eigenvalue weighted by Gasteiger charge is 2.29. The lowest BCUT2D eigenvalue weighted by Crippen LogP contribution is -2.58. The molecule has 13 heteroatoms. The number of aromatic hydroxyl groups is 1. The maximum atomic E-state index is 12.5. The van der Waals surface area contributed by atoms with Crippen LogP contribution in [0, 0.1) is 0 Å². The number of carboxylic acids is 1. The van der Waals surface area contributed by atoms with Crippen molar-refractivity contribution in [3.63, 3.8) is 0 Å². The van der Waals surface area contributed by atoms with Gasteiger partial charge in [-0.1, -0.05) is 12.1 Å². The highest BCUT2D eigenvalue weighted by atomic mass is 32.1. The van der Waals surface area contributed by atoms with Crippen LogP contribution in [-0.4, -0.2) is 82.1 Å². The van der Waals surface area contributed by atoms with Crippen LogP contribution in [0.15, 0.2) is 24.3 Å². The Morgan fingerprint density at radius 3 is 2.00 bits per heavy atom. The summed E-state index contributed by atoms with van der Waals surface area (Å²) in [6.07, 6.45) is 1.38. The van der Waals surface area contributed by atoms with Gasteiger partial charge in [0.05, 0.1) is 12.6 Å². The minimum Gasteiger partial charge on any atom is -0.508 e. The lowest BCUT2D eigenvalue weighted by Gasteiger charge is -2.23. The van der Waals surface area contributed by atoms with Crippen LogP contribution < -0.4 is 27.4 Å². The summed E-state index contributed by atoms with van der Waals surface area (Å²) < 4.78 is 0. The van der Waals surface area contributed by atoms with E-state index in [1.165, 1.54) is 12.1 Å². The number of rotatable bonds is 15. The number of aliphatic carboxylic acids is 1. The lowest BCUT2D eigenvalue weighted by molar-refractivity contribution is -0.142. The van der Waals surface area contributed by atoms with E-state index in [4.69, 9.17) is 11.5 Å². The van der Waals surface area contributed by atoms with E-state index < -0.39 is 54.5 Å². The number of aliphatic hydroxyl groups is 1. The first-order valence-corrected chi connectivity index (χ1v) is 11.3. The summed E-state index contributed by atoms with van der Waals surface area (Å²) >= 11 is 4.03. The molecule has 0 saturated heterocycles. The SMILES string of the molecule is NCCCCC(NC(=O)C(CS)NC(=O)C(CO)NC(=O)C(N)Cc1ccc(O)cc1)C(=O)O. The molecule has 0 fully saturated rings. The first-order valence-electron chi connectivity index (χ1n) is 10.7. The fourth-order valence-corrected chi connectivity index (χ4v) is 3.20. The maximum Gasteiger partial charge on any atom is 0.326 e. The summed E-state index contributed by atoms with van der Waals surface area (Å²) in [5.41, 5.74) is 11.9. The predicted octanol–water partition coefficient (Wildman–Crippen LogP) is -2.15. The predicted molar refractivity (Wildman–Crippen MR) is 127 cm³/mol. The van der Waals surface area contributed by atoms with E-state index in [9.17, 15) is 34.5 Å². The molecule has 0 aromatic heterocycles. The van der Waals surface area contributed by atoms with Crippen molar-refractivity contribution in [2.45, 2.75) is 49.9 Å². The topological polar surface area (TPSA) is 217 Å². The molecule has 0 bridgehead atoms. The smallest absolute Gasteiger partial charge is 0.326 e. The average molecular weight is 500 g/mol. The van der Waals surface area contributed by atoms with Gasteiger partial charge in [-0.15, -0.1) is 0 Å². The van der Waals surface area contributed by atoms with Crippen LogP contribution in [0.2, 0.25) is 0 Å². The van der Waals surface area contributed by atoms with E-state index in [0.29, 0.717) is 24.9 Å². The van der Waals surface area contributed by atoms with Crippen LogP contribution in [0.25, 0.3) is 0 Å². The van der Waals surface area contributed by atoms with Gasteiger partial charge in [0.15, 0.2) is 0 Å². The third kappa shape index (κ3) is 9.95. The van der Waals surface area contributed by atoms with Gasteiger partial charge in [-0.05, 0) is 49.9 Å². The molecule has 0 aliphatic carbocycles. The fourth-order valence-electron chi connectivity index (χ4n) is 2.94. The normalized spacial score (nSPS) is 14.4. The molecule has 0 saturated carbocycles. The van der Waals surface area contributed by atoms with Crippen molar-refractivity contribution in [1.82, 2.24) is 16.0 Å². The van der Waals surface area contributed by atoms with Gasteiger partial charge in [-0.3, -0.25) is 14.4 Å². The Morgan fingerprint density at radius 1 is 0.912 bits per heavy atom. The highest BCUT2D eigenvalue weighted by Crippen LogP contribution is 2.11. The Kier molecular flexibility index (Phi) is 13.0. The Morgan fingerprint density at radius 2 is 1.47 bits per heavy atom. The first-order chi connectivity index (χ1) is 16.1. The number of aliphatic hydroxyl groups excluding tert-OH is 1. The summed E-state index contributed by atoms with van der Waals surface area (Å²) in [6, 6.07) is 1.27. The van der Waals surface area contributed by atoms with Crippen LogP contribution >= 0.6 is 12.6 Å². The molecule has 0 radical (unpaired) electrons. The van der Waals surface area contributed by atoms with Gasteiger partial charge in [-0.2, -0.15) is 12.6 Å². The molecule has 0 spiro atoms. The molecule has 1 aromatic rings. The minimum atomic E-state index is -1.40. The summed E-state index contributed by atoms with van der Waals surface area (Å²) in [5.74, 6) is -3.66. The van der Waals surface area contributed by atoms with E-state index in [-0.39, 0.29) is 24.3 Å². The number of phenols is 1. The molecule has 3 amide bonds. The summed E-state index contributed by atoms with van der Waals surface area (Å²) in [6.45, 7) is -0.371. The van der Waals surface area contributed by atoms with Crippen molar-refractivity contribution in [3.05, 3.63) is 29.8 Å². The molecule has 1 rings (SSSR count). The number of thiol groups is 1. The molecule has 0 aliphatic rings. The number of benzene rings is 1. The van der Waals surface area contributed by atoms with Crippen molar-refractivity contribution >= 4 is 36.3 Å². The van der Waals surface area contributed by atoms with Gasteiger partial charge in [0.25, 0.3) is 0 Å². The molecular formula is C21H33N5O7S. The van der Waals surface area contributed by atoms with E-state index in [1.54, 1.807) is 12.1 Å². The number of nitrogens with one attached hydrogen (secondary N) is 3. The van der Waals surface area contributed by atoms with Gasteiger partial charge in [0.1, 0.15) is 23.9 Å². The summed E-state index contributed by atoms with van der Waals surface area (Å²) in [5, 5.41) is 35.2. The average Bonchev–Trinajstić information content (AvgIpc) is 2.81. The molecule has 0 aliphatic heterocycles. The molecule has 10 N–H and O–H groups in total. The summed E-state index contributed by atoms with van der Waals surface area (Å²) in [7, 11) is 0. The van der Waals surface area contributed by atoms with Gasteiger partial charge in [0.2, 0.25) is 17.7 Å². The third-order valence-corrected chi connectivity index (χ3v) is 5.29. The maximum absolute atomic E-state index is 12.5. The molecule has 34 heavy (non-hydrogen) atoms. The quantitative estimate of drug-likeness (QED) is 0.0948. The molecule has 0 heterocycles. The Balaban J connectivity index is 2.69. The lowest BCUT2D eigenvalue weighted by atomic mass is 10.1. The van der Waals surface area contributed by atoms with Crippen molar-refractivity contribution in [2.24, 2.45) is 11.5 Å². The van der Waals surface area contributed by atoms with Gasteiger partial charge in [-0.25, -0.2) is 4.79 Å². The van der Waals surface area contributed by atoms with Crippen LogP contribution in [0.1, 0.15) is 24.8 Å². The number of hydrogen-bond acceptors (Lipinski definition) is 9. The number of hydrogen-bond donors (Lipinski definition) is 9. The number of carbonyl (C=O) groups is 4. The molecule has 1 aromatic carbocycles. The number of carboxylic acid groups (broad SMARTS) is 1. The Hall–Kier alpha value is -2.87. The monoisotopic (exact) mass is 499 g/mol. The number of phenolic OH excluding ortho intramolecular Hbond substituents is 1. The number of unbranched alkanes of at least 4 members (excludes halogenated alkanes) is 1. The van der Waals surface area contributed by atoms with Crippen molar-refractivity contribution < 1.29 is 34.5 Å². The van der Waals surface area contributed by atoms with Gasteiger partial charge in [0, 0.05) is 5.75 Å². The van der Waals surface area contributed by atoms with E-state index in [1.807, 2.05) is 0 Å². The highest BCUT2D eigenvalue weighted by molar-refractivity contribution is 7.80. The summed E-state index contributed by atoms with van der Waals surface area (Å²) in [4.78, 5) is 48.8. The van der Waals surface area contributed by atoms with Gasteiger partial charge < -0.3 is 42.7 Å². The van der Waals surface area contributed by atoms with Crippen LogP contribution in [0.3, 0.4) is 0 Å². The van der Waals surface area contributed by atoms with Crippen LogP contribution in [-0.2, 0) is 25.6 Å². The molecule has 4 unspecified atom stereocenters. The second kappa shape index (κ2) is 15.1. The second-order valence-corrected chi connectivity index (χ2v) is 8.01. The van der Waals surface area contributed by atoms with Gasteiger partial charge >= 0.3 is 5.97 Å². The largest absolute Gasteiger partial charge is 0.508 e. The zero-order chi connectivity index (χ0) is 25.7. The minimum absolute atomic E-state index is 0.0619. The zero-order valence-corrected chi connectivity index (χ0v) is 19.5. The second-order valence-electron chi connectivity index (χ2n) is 7.65. The Labute approximate surface area is 202 Å². The number of amides is 3. The molecule has 190 valence electrons. The first kappa shape index (κ1) is 29.2. The Bertz CT molecular complexity index is 824. The van der Waals surface area contributed by atoms with E-state index in [2.05, 4.69) is 28.6 Å². The molecular weight excluding hydrogens is 466 g/mol. The zero-order valence-electron chi connectivity index (χ0n) is 18.6. The van der Waals surface area contributed by atoms with Crippen molar-refractivity contribution in [3.8, 4) is 5.75 Å². The van der Waals surface area contributed by atoms with E-state index in [0.717, 1.165) is 0 Å². The third-order valence-electron chi connectivity index (χ3n) is 4.92. The van der Waals surface area contributed by atoms with Crippen LogP contribution in [0.4, 0.5) is 0 Å². The van der Waals surface area contributed by atoms with Crippen LogP contribution in [0.5, 0.6) is 5.75 Å². The fraction of sp³-hybridized carbons (Fsp3) is 0.524.